The molecule has 1 atom stereocenters. The van der Waals surface area contributed by atoms with E-state index in [1.165, 1.54) is 36.7 Å². The minimum atomic E-state index is -0.548. The zero-order chi connectivity index (χ0) is 23.4. The van der Waals surface area contributed by atoms with E-state index in [-0.39, 0.29) is 23.3 Å². The maximum absolute atomic E-state index is 15.0. The van der Waals surface area contributed by atoms with Crippen molar-refractivity contribution in [3.63, 3.8) is 0 Å². The summed E-state index contributed by atoms with van der Waals surface area (Å²) in [7, 11) is 1.45. The quantitative estimate of drug-likeness (QED) is 0.645. The normalized spacial score (nSPS) is 18.2. The number of methoxy groups -OCH3 is 1. The molecule has 10 nitrogen and oxygen atoms in total. The molecule has 0 aliphatic carbocycles. The number of thiocarbonyl (C=S) groups is 1. The first-order chi connectivity index (χ1) is 16.0. The lowest BCUT2D eigenvalue weighted by atomic mass is 10.2. The van der Waals surface area contributed by atoms with Crippen LogP contribution in [-0.2, 0) is 9.47 Å². The molecular formula is C21H23FN6O4S. The number of nitrogens with zero attached hydrogens (tertiary/aromatic N) is 5. The molecular weight excluding hydrogens is 451 g/mol. The third-order valence-electron chi connectivity index (χ3n) is 5.47. The number of hydrogen-bond donors (Lipinski definition) is 1. The topological polar surface area (TPSA) is 100 Å². The lowest BCUT2D eigenvalue weighted by Gasteiger charge is -2.36. The van der Waals surface area contributed by atoms with Crippen molar-refractivity contribution in [2.24, 2.45) is 0 Å². The Labute approximate surface area is 195 Å². The number of cyclic esters (lactones) is 1. The fourth-order valence-corrected chi connectivity index (χ4v) is 3.83. The number of halogens is 1. The number of hydrogen-bond acceptors (Lipinski definition) is 8. The van der Waals surface area contributed by atoms with Crippen LogP contribution >= 0.6 is 12.2 Å². The molecule has 2 fully saturated rings. The molecule has 2 aliphatic rings. The molecule has 0 saturated carbocycles. The largest absolute Gasteiger partial charge is 0.474 e. The van der Waals surface area contributed by atoms with E-state index in [0.29, 0.717) is 44.1 Å². The average molecular weight is 475 g/mol. The van der Waals surface area contributed by atoms with Gasteiger partial charge in [0.25, 0.3) is 11.1 Å². The van der Waals surface area contributed by atoms with Gasteiger partial charge in [-0.3, -0.25) is 14.7 Å². The van der Waals surface area contributed by atoms with Gasteiger partial charge in [-0.2, -0.15) is 0 Å². The van der Waals surface area contributed by atoms with Gasteiger partial charge in [0.15, 0.2) is 0 Å². The van der Waals surface area contributed by atoms with Crippen LogP contribution in [0.5, 0.6) is 0 Å². The molecule has 174 valence electrons. The van der Waals surface area contributed by atoms with Gasteiger partial charge < -0.3 is 24.6 Å². The van der Waals surface area contributed by atoms with Gasteiger partial charge in [-0.15, -0.1) is 0 Å². The van der Waals surface area contributed by atoms with Crippen molar-refractivity contribution in [3.05, 3.63) is 48.3 Å². The van der Waals surface area contributed by atoms with Gasteiger partial charge in [0, 0.05) is 38.6 Å². The van der Waals surface area contributed by atoms with Crippen LogP contribution in [0.3, 0.4) is 0 Å². The second-order valence-electron chi connectivity index (χ2n) is 7.49. The van der Waals surface area contributed by atoms with Crippen molar-refractivity contribution in [3.8, 4) is 0 Å². The van der Waals surface area contributed by atoms with E-state index < -0.39 is 18.0 Å². The fourth-order valence-electron chi connectivity index (χ4n) is 3.75. The van der Waals surface area contributed by atoms with Gasteiger partial charge in [0.2, 0.25) is 0 Å². The van der Waals surface area contributed by atoms with Crippen molar-refractivity contribution in [1.82, 2.24) is 20.2 Å². The van der Waals surface area contributed by atoms with E-state index in [2.05, 4.69) is 15.3 Å². The Balaban J connectivity index is 1.36. The molecule has 1 aromatic carbocycles. The van der Waals surface area contributed by atoms with Gasteiger partial charge in [-0.25, -0.2) is 14.2 Å². The summed E-state index contributed by atoms with van der Waals surface area (Å²) in [6, 6.07) is 4.65. The first-order valence-corrected chi connectivity index (χ1v) is 10.8. The lowest BCUT2D eigenvalue weighted by Crippen LogP contribution is -2.49. The number of ether oxygens (including phenoxy) is 2. The zero-order valence-corrected chi connectivity index (χ0v) is 18.8. The highest BCUT2D eigenvalue weighted by Crippen LogP contribution is 2.28. The summed E-state index contributed by atoms with van der Waals surface area (Å²) in [6.45, 7) is 2.38. The summed E-state index contributed by atoms with van der Waals surface area (Å²) in [5.41, 5.74) is 1.12. The first kappa shape index (κ1) is 22.6. The molecule has 1 N–H and O–H groups in total. The Kier molecular flexibility index (Phi) is 6.82. The second-order valence-corrected chi connectivity index (χ2v) is 7.87. The summed E-state index contributed by atoms with van der Waals surface area (Å²) in [4.78, 5) is 37.7. The SMILES string of the molecule is COC(=S)NC[C@H]1CN(c2ccc(N3CCN(C(=O)c4cnccn4)CC3)c(F)c2)C(=O)O1. The molecule has 0 spiro atoms. The van der Waals surface area contributed by atoms with E-state index >= 15 is 0 Å². The molecule has 0 radical (unpaired) electrons. The third kappa shape index (κ3) is 5.11. The monoisotopic (exact) mass is 474 g/mol. The smallest absolute Gasteiger partial charge is 0.414 e. The van der Waals surface area contributed by atoms with Crippen LogP contribution in [0, 0.1) is 5.82 Å². The van der Waals surface area contributed by atoms with E-state index in [9.17, 15) is 14.0 Å². The number of nitrogens with one attached hydrogen (secondary N) is 1. The zero-order valence-electron chi connectivity index (χ0n) is 17.9. The van der Waals surface area contributed by atoms with Gasteiger partial charge in [-0.05, 0) is 30.4 Å². The van der Waals surface area contributed by atoms with Crippen molar-refractivity contribution in [1.29, 1.82) is 0 Å². The minimum absolute atomic E-state index is 0.193. The van der Waals surface area contributed by atoms with Crippen molar-refractivity contribution in [2.45, 2.75) is 6.10 Å². The van der Waals surface area contributed by atoms with Crippen LogP contribution < -0.4 is 15.1 Å². The van der Waals surface area contributed by atoms with Crippen LogP contribution in [0.15, 0.2) is 36.8 Å². The molecule has 2 aliphatic heterocycles. The molecule has 12 heteroatoms. The molecule has 0 unspecified atom stereocenters. The highest BCUT2D eigenvalue weighted by Gasteiger charge is 2.33. The van der Waals surface area contributed by atoms with Crippen molar-refractivity contribution in [2.75, 3.05) is 56.2 Å². The number of carbonyl (C=O) groups is 2. The predicted molar refractivity (Wildman–Crippen MR) is 122 cm³/mol. The summed E-state index contributed by atoms with van der Waals surface area (Å²) in [6.07, 6.45) is 3.44. The average Bonchev–Trinajstić information content (AvgIpc) is 3.23. The lowest BCUT2D eigenvalue weighted by molar-refractivity contribution is 0.0740. The Morgan fingerprint density at radius 2 is 2.09 bits per heavy atom. The Morgan fingerprint density at radius 3 is 2.76 bits per heavy atom. The van der Waals surface area contributed by atoms with Gasteiger partial charge in [-0.1, -0.05) is 0 Å². The van der Waals surface area contributed by atoms with Crippen molar-refractivity contribution < 1.29 is 23.5 Å². The molecule has 33 heavy (non-hydrogen) atoms. The number of amides is 2. The predicted octanol–water partition coefficient (Wildman–Crippen LogP) is 1.42. The number of aromatic nitrogens is 2. The summed E-state index contributed by atoms with van der Waals surface area (Å²) in [5, 5.41) is 3.05. The van der Waals surface area contributed by atoms with Crippen LogP contribution in [0.25, 0.3) is 0 Å². The summed E-state index contributed by atoms with van der Waals surface area (Å²) < 4.78 is 25.1. The Morgan fingerprint density at radius 1 is 1.30 bits per heavy atom. The molecule has 1 aromatic heterocycles. The Bertz CT molecular complexity index is 1030. The number of benzene rings is 1. The third-order valence-corrected chi connectivity index (χ3v) is 5.78. The molecule has 2 aromatic rings. The molecule has 3 heterocycles. The van der Waals surface area contributed by atoms with Crippen LogP contribution in [0.4, 0.5) is 20.6 Å². The van der Waals surface area contributed by atoms with E-state index in [1.807, 2.05) is 4.90 Å². The first-order valence-electron chi connectivity index (χ1n) is 10.4. The van der Waals surface area contributed by atoms with Crippen LogP contribution in [0.1, 0.15) is 10.5 Å². The number of carbonyl (C=O) groups excluding carboxylic acids is 2. The summed E-state index contributed by atoms with van der Waals surface area (Å²) >= 11 is 4.91. The highest BCUT2D eigenvalue weighted by molar-refractivity contribution is 7.80. The fraction of sp³-hybridized carbons (Fsp3) is 0.381. The number of rotatable bonds is 5. The molecule has 4 rings (SSSR count). The number of anilines is 2. The second kappa shape index (κ2) is 9.94. The van der Waals surface area contributed by atoms with Crippen LogP contribution in [-0.4, -0.2) is 84.5 Å². The molecule has 0 bridgehead atoms. The van der Waals surface area contributed by atoms with Crippen molar-refractivity contribution >= 4 is 40.8 Å². The van der Waals surface area contributed by atoms with E-state index in [1.54, 1.807) is 17.0 Å². The highest BCUT2D eigenvalue weighted by atomic mass is 32.1. The summed E-state index contributed by atoms with van der Waals surface area (Å²) in [5.74, 6) is -0.641. The van der Waals surface area contributed by atoms with E-state index in [4.69, 9.17) is 21.7 Å². The molecule has 2 amide bonds. The van der Waals surface area contributed by atoms with Gasteiger partial charge in [0.1, 0.15) is 17.6 Å². The maximum Gasteiger partial charge on any atom is 0.414 e. The maximum atomic E-state index is 15.0. The van der Waals surface area contributed by atoms with E-state index in [0.717, 1.165) is 0 Å². The number of piperazine rings is 1. The van der Waals surface area contributed by atoms with Crippen LogP contribution in [0.2, 0.25) is 0 Å². The van der Waals surface area contributed by atoms with Gasteiger partial charge >= 0.3 is 6.09 Å². The Hall–Kier alpha value is -3.54. The van der Waals surface area contributed by atoms with Gasteiger partial charge in [0.05, 0.1) is 37.8 Å². The minimum Gasteiger partial charge on any atom is -0.474 e. The molecule has 2 saturated heterocycles. The standard InChI is InChI=1S/C21H23FN6O4S/c1-31-20(33)25-11-15-13-28(21(30)32-15)14-2-3-18(16(22)10-14)26-6-8-27(9-7-26)19(29)17-12-23-4-5-24-17/h2-5,10,12,15H,6-9,11,13H2,1H3,(H,25,33)/t15-/m0/s1.